The predicted octanol–water partition coefficient (Wildman–Crippen LogP) is 6.47. The lowest BCUT2D eigenvalue weighted by atomic mass is 9.56. The summed E-state index contributed by atoms with van der Waals surface area (Å²) >= 11 is 16.0. The first kappa shape index (κ1) is 33.7. The van der Waals surface area contributed by atoms with Crippen molar-refractivity contribution in [1.29, 1.82) is 0 Å². The molecule has 4 aliphatic rings. The Hall–Kier alpha value is -3.76. The molecular weight excluding hydrogens is 813 g/mol. The van der Waals surface area contributed by atoms with E-state index in [2.05, 4.69) is 0 Å². The molecule has 2 saturated heterocycles. The van der Waals surface area contributed by atoms with E-state index < -0.39 is 98.2 Å². The summed E-state index contributed by atoms with van der Waals surface area (Å²) in [5, 5.41) is 10.6. The summed E-state index contributed by atoms with van der Waals surface area (Å²) in [4.78, 5) is 51.9. The number of carbonyl (C=O) groups excluding carboxylic acids is 4. The highest BCUT2D eigenvalue weighted by atomic mass is 127. The molecule has 3 aromatic rings. The number of halogens is 8. The van der Waals surface area contributed by atoms with Crippen molar-refractivity contribution in [3.8, 4) is 11.5 Å². The van der Waals surface area contributed by atoms with Crippen LogP contribution in [-0.4, -0.2) is 45.6 Å². The Morgan fingerprint density at radius 2 is 1.47 bits per heavy atom. The molecule has 2 aliphatic heterocycles. The second-order valence-corrected chi connectivity index (χ2v) is 14.5. The van der Waals surface area contributed by atoms with Crippen LogP contribution in [0.3, 0.4) is 0 Å². The number of benzene rings is 3. The van der Waals surface area contributed by atoms with Gasteiger partial charge >= 0.3 is 0 Å². The maximum absolute atomic E-state index is 15.2. The number of hydrogen-bond acceptors (Lipinski definition) is 6. The van der Waals surface area contributed by atoms with Crippen LogP contribution < -0.4 is 14.5 Å². The summed E-state index contributed by atoms with van der Waals surface area (Å²) in [6.45, 7) is 0. The average Bonchev–Trinajstić information content (AvgIpc) is 3.42. The fourth-order valence-electron chi connectivity index (χ4n) is 7.69. The number of para-hydroxylation sites is 1. The monoisotopic (exact) mass is 832 g/mol. The molecule has 3 aromatic carbocycles. The van der Waals surface area contributed by atoms with Crippen molar-refractivity contribution in [2.75, 3.05) is 16.9 Å². The zero-order chi connectivity index (χ0) is 35.5. The van der Waals surface area contributed by atoms with Crippen LogP contribution in [0.25, 0.3) is 0 Å². The summed E-state index contributed by atoms with van der Waals surface area (Å²) in [5.74, 6) is -21.7. The van der Waals surface area contributed by atoms with Crippen molar-refractivity contribution in [1.82, 2.24) is 0 Å². The van der Waals surface area contributed by atoms with E-state index in [9.17, 15) is 37.5 Å². The molecule has 2 aliphatic carbocycles. The van der Waals surface area contributed by atoms with E-state index in [0.29, 0.717) is 0 Å². The van der Waals surface area contributed by atoms with Crippen molar-refractivity contribution in [3.63, 3.8) is 0 Å². The van der Waals surface area contributed by atoms with Gasteiger partial charge in [-0.3, -0.25) is 24.1 Å². The van der Waals surface area contributed by atoms with Crippen LogP contribution >= 0.6 is 45.8 Å². The number of allylic oxidation sites excluding steroid dienone is 2. The molecule has 6 atom stereocenters. The van der Waals surface area contributed by atoms with Crippen LogP contribution in [0.2, 0.25) is 0 Å². The molecule has 8 nitrogen and oxygen atoms in total. The minimum Gasteiger partial charge on any atom is -0.504 e. The number of hydrogen-bond donors (Lipinski definition) is 1. The van der Waals surface area contributed by atoms with Gasteiger partial charge in [0.05, 0.1) is 28.2 Å². The van der Waals surface area contributed by atoms with Gasteiger partial charge in [-0.1, -0.05) is 29.8 Å². The number of phenolic OH excluding ortho intramolecular Hbond substituents is 1. The Labute approximate surface area is 297 Å². The summed E-state index contributed by atoms with van der Waals surface area (Å²) in [6, 6.07) is 10.7. The highest BCUT2D eigenvalue weighted by Crippen LogP contribution is 2.66. The van der Waals surface area contributed by atoms with Crippen LogP contribution in [0.1, 0.15) is 24.3 Å². The number of methoxy groups -OCH3 is 1. The Balaban J connectivity index is 1.46. The predicted molar refractivity (Wildman–Crippen MR) is 173 cm³/mol. The van der Waals surface area contributed by atoms with E-state index in [4.69, 9.17) is 27.9 Å². The average molecular weight is 833 g/mol. The highest BCUT2D eigenvalue weighted by molar-refractivity contribution is 14.1. The minimum atomic E-state index is -2.70. The fraction of sp³-hybridized carbons (Fsp3) is 0.273. The molecule has 4 amide bonds. The zero-order valence-corrected chi connectivity index (χ0v) is 28.4. The minimum absolute atomic E-state index is 0.0149. The number of rotatable bonds is 4. The number of phenols is 1. The van der Waals surface area contributed by atoms with E-state index in [0.717, 1.165) is 4.90 Å². The fourth-order valence-corrected chi connectivity index (χ4v) is 9.25. The summed E-state index contributed by atoms with van der Waals surface area (Å²) in [7, 11) is 1.24. The number of fused-ring (bicyclic) bond motifs is 4. The second-order valence-electron chi connectivity index (χ2n) is 12.1. The van der Waals surface area contributed by atoms with Crippen molar-refractivity contribution < 1.29 is 51.0 Å². The molecule has 3 fully saturated rings. The van der Waals surface area contributed by atoms with Crippen molar-refractivity contribution in [2.24, 2.45) is 17.8 Å². The highest BCUT2D eigenvalue weighted by Gasteiger charge is 2.77. The molecule has 6 unspecified atom stereocenters. The Morgan fingerprint density at radius 1 is 0.857 bits per heavy atom. The summed E-state index contributed by atoms with van der Waals surface area (Å²) < 4.78 is 78.8. The van der Waals surface area contributed by atoms with Gasteiger partial charge in [-0.15, -0.1) is 23.2 Å². The molecule has 0 aromatic heterocycles. The third-order valence-electron chi connectivity index (χ3n) is 9.84. The van der Waals surface area contributed by atoms with Gasteiger partial charge in [-0.25, -0.2) is 26.9 Å². The number of aromatic hydroxyl groups is 1. The SMILES string of the molecule is COc1cc(C2C3=CCC4C(=O)N(c5ccccc5)C(=O)C4C3CC3(Cl)C(=O)N(c4c(F)c(F)c(F)c(F)c4F)C(=O)C23Cl)cc(I)c1O. The lowest BCUT2D eigenvalue weighted by molar-refractivity contribution is -0.125. The topological polar surface area (TPSA) is 104 Å². The van der Waals surface area contributed by atoms with Gasteiger partial charge in [0.2, 0.25) is 17.6 Å². The van der Waals surface area contributed by atoms with E-state index >= 15 is 8.78 Å². The lowest BCUT2D eigenvalue weighted by Crippen LogP contribution is -2.60. The standard InChI is InChI=1S/C33H20Cl2F5IN2O6/c1-49-18-10-12(9-17(41)27(18)44)20-14-7-8-15-19(29(46)42(28(15)45)13-5-3-2-4-6-13)16(14)11-32(34)30(47)43(31(48)33(20,32)35)26-24(39)22(37)21(36)23(38)25(26)40/h2-7,9-10,15-16,19-20,44H,8,11H2,1H3. The first-order valence-corrected chi connectivity index (χ1v) is 16.4. The van der Waals surface area contributed by atoms with E-state index in [-0.39, 0.29) is 43.2 Å². The van der Waals surface area contributed by atoms with E-state index in [1.165, 1.54) is 19.2 Å². The lowest BCUT2D eigenvalue weighted by Gasteiger charge is -2.50. The third kappa shape index (κ3) is 4.32. The van der Waals surface area contributed by atoms with Gasteiger partial charge in [0, 0.05) is 5.92 Å². The van der Waals surface area contributed by atoms with Crippen molar-refractivity contribution in [2.45, 2.75) is 28.5 Å². The Bertz CT molecular complexity index is 2040. The van der Waals surface area contributed by atoms with Gasteiger partial charge in [-0.05, 0) is 71.2 Å². The Morgan fingerprint density at radius 3 is 2.08 bits per heavy atom. The van der Waals surface area contributed by atoms with Crippen LogP contribution in [0, 0.1) is 50.4 Å². The van der Waals surface area contributed by atoms with E-state index in [1.807, 2.05) is 0 Å². The molecule has 254 valence electrons. The molecule has 49 heavy (non-hydrogen) atoms. The Kier molecular flexibility index (Phi) is 7.83. The number of alkyl halides is 2. The van der Waals surface area contributed by atoms with Crippen LogP contribution in [0.4, 0.5) is 33.3 Å². The maximum Gasteiger partial charge on any atom is 0.258 e. The van der Waals surface area contributed by atoms with Crippen LogP contribution in [0.15, 0.2) is 54.1 Å². The number of amides is 4. The molecule has 1 N–H and O–H groups in total. The van der Waals surface area contributed by atoms with Gasteiger partial charge in [0.1, 0.15) is 5.69 Å². The molecule has 0 spiro atoms. The normalized spacial score (nSPS) is 29.2. The maximum atomic E-state index is 15.2. The van der Waals surface area contributed by atoms with Gasteiger partial charge < -0.3 is 9.84 Å². The smallest absolute Gasteiger partial charge is 0.258 e. The summed E-state index contributed by atoms with van der Waals surface area (Å²) in [6.07, 6.45) is 0.937. The molecule has 16 heteroatoms. The first-order chi connectivity index (χ1) is 23.1. The van der Waals surface area contributed by atoms with Gasteiger partial charge in [0.25, 0.3) is 11.8 Å². The van der Waals surface area contributed by atoms with Crippen LogP contribution in [-0.2, 0) is 19.2 Å². The second kappa shape index (κ2) is 11.4. The first-order valence-electron chi connectivity index (χ1n) is 14.6. The van der Waals surface area contributed by atoms with Gasteiger partial charge in [-0.2, -0.15) is 0 Å². The largest absolute Gasteiger partial charge is 0.504 e. The molecule has 0 radical (unpaired) electrons. The van der Waals surface area contributed by atoms with Crippen LogP contribution in [0.5, 0.6) is 11.5 Å². The number of ether oxygens (including phenoxy) is 1. The van der Waals surface area contributed by atoms with Crippen molar-refractivity contribution in [3.05, 3.63) is 92.3 Å². The molecule has 1 saturated carbocycles. The van der Waals surface area contributed by atoms with Gasteiger partial charge in [0.15, 0.2) is 44.5 Å². The molecule has 0 bridgehead atoms. The summed E-state index contributed by atoms with van der Waals surface area (Å²) in [5.41, 5.74) is -1.21. The van der Waals surface area contributed by atoms with E-state index in [1.54, 1.807) is 59.0 Å². The van der Waals surface area contributed by atoms with Crippen molar-refractivity contribution >= 4 is 80.8 Å². The molecule has 2 heterocycles. The third-order valence-corrected chi connectivity index (χ3v) is 12.1. The molecule has 7 rings (SSSR count). The quantitative estimate of drug-likeness (QED) is 0.0616. The molecular formula is C33H20Cl2F5IN2O6. The number of carbonyl (C=O) groups is 4. The number of imide groups is 2. The number of anilines is 2. The number of nitrogens with zero attached hydrogens (tertiary/aromatic N) is 2. The zero-order valence-electron chi connectivity index (χ0n) is 24.7.